The van der Waals surface area contributed by atoms with Crippen LogP contribution in [0.1, 0.15) is 54.4 Å². The average molecular weight is 702 g/mol. The number of anilines is 1. The molecule has 9 nitrogen and oxygen atoms in total. The Labute approximate surface area is 290 Å². The number of ether oxygens (including phenoxy) is 2. The lowest BCUT2D eigenvalue weighted by Crippen LogP contribution is -2.57. The zero-order valence-corrected chi connectivity index (χ0v) is 28.3. The first kappa shape index (κ1) is 34.0. The fourth-order valence-corrected chi connectivity index (χ4v) is 7.00. The fraction of sp³-hybridized carbons (Fsp3) is 0.429. The van der Waals surface area contributed by atoms with E-state index >= 15 is 0 Å². The first-order chi connectivity index (χ1) is 22.6. The molecule has 0 unspecified atom stereocenters. The van der Waals surface area contributed by atoms with Crippen molar-refractivity contribution in [1.29, 1.82) is 0 Å². The summed E-state index contributed by atoms with van der Waals surface area (Å²) < 4.78 is 11.3. The van der Waals surface area contributed by atoms with Crippen molar-refractivity contribution in [3.05, 3.63) is 101 Å². The van der Waals surface area contributed by atoms with Gasteiger partial charge in [-0.25, -0.2) is 0 Å². The Bertz CT molecular complexity index is 1530. The summed E-state index contributed by atoms with van der Waals surface area (Å²) >= 11 is 17.0. The molecule has 0 aromatic heterocycles. The number of likely N-dealkylation sites (tertiary alicyclic amines) is 1. The predicted octanol–water partition coefficient (Wildman–Crippen LogP) is 5.39. The minimum atomic E-state index is -2.03. The van der Waals surface area contributed by atoms with Crippen molar-refractivity contribution >= 4 is 52.3 Å². The molecule has 3 N–H and O–H groups in total. The van der Waals surface area contributed by atoms with Gasteiger partial charge in [-0.2, -0.15) is 0 Å². The molecule has 1 spiro atoms. The summed E-state index contributed by atoms with van der Waals surface area (Å²) in [5.41, 5.74) is 4.02. The number of para-hydroxylation sites is 1. The number of amides is 2. The van der Waals surface area contributed by atoms with E-state index < -0.39 is 21.5 Å². The van der Waals surface area contributed by atoms with Gasteiger partial charge in [0.05, 0.1) is 25.5 Å². The van der Waals surface area contributed by atoms with Crippen LogP contribution in [0.3, 0.4) is 0 Å². The van der Waals surface area contributed by atoms with Crippen molar-refractivity contribution in [2.45, 2.75) is 60.7 Å². The van der Waals surface area contributed by atoms with E-state index in [0.29, 0.717) is 13.2 Å². The van der Waals surface area contributed by atoms with Gasteiger partial charge in [-0.3, -0.25) is 9.59 Å². The van der Waals surface area contributed by atoms with Gasteiger partial charge in [-0.1, -0.05) is 108 Å². The van der Waals surface area contributed by atoms with Crippen LogP contribution < -0.4 is 15.5 Å². The Kier molecular flexibility index (Phi) is 10.3. The molecule has 0 aliphatic carbocycles. The maximum Gasteiger partial charge on any atom is 0.272 e. The molecule has 3 aliphatic rings. The Balaban J connectivity index is 1.17. The maximum absolute atomic E-state index is 13.2. The van der Waals surface area contributed by atoms with Crippen molar-refractivity contribution < 1.29 is 24.2 Å². The number of piperidine rings is 1. The molecule has 12 heteroatoms. The average Bonchev–Trinajstić information content (AvgIpc) is 3.40. The second-order valence-electron chi connectivity index (χ2n) is 12.5. The number of rotatable bonds is 8. The van der Waals surface area contributed by atoms with Crippen LogP contribution >= 0.6 is 34.8 Å². The number of nitrogens with zero attached hydrogens (tertiary/aromatic N) is 2. The molecule has 3 aliphatic heterocycles. The molecule has 3 heterocycles. The Morgan fingerprint density at radius 3 is 2.23 bits per heavy atom. The Hall–Kier alpha value is -2.89. The van der Waals surface area contributed by atoms with Gasteiger partial charge >= 0.3 is 0 Å². The molecular formula is C35H39Cl3N4O5. The Morgan fingerprint density at radius 1 is 0.957 bits per heavy atom. The van der Waals surface area contributed by atoms with Crippen LogP contribution in [0.2, 0.25) is 0 Å². The maximum atomic E-state index is 13.2. The third-order valence-corrected chi connectivity index (χ3v) is 10.1. The van der Waals surface area contributed by atoms with Crippen molar-refractivity contribution in [1.82, 2.24) is 15.5 Å². The molecule has 3 fully saturated rings. The first-order valence-electron chi connectivity index (χ1n) is 15.9. The zero-order chi connectivity index (χ0) is 33.2. The third kappa shape index (κ3) is 7.42. The molecule has 2 amide bonds. The van der Waals surface area contributed by atoms with E-state index in [0.717, 1.165) is 53.9 Å². The van der Waals surface area contributed by atoms with Crippen LogP contribution in [0, 0.1) is 5.92 Å². The molecule has 0 radical (unpaired) electrons. The van der Waals surface area contributed by atoms with Gasteiger partial charge in [0.2, 0.25) is 5.91 Å². The number of hydrogen-bond acceptors (Lipinski definition) is 7. The van der Waals surface area contributed by atoms with E-state index in [1.807, 2.05) is 66.7 Å². The monoisotopic (exact) mass is 700 g/mol. The molecule has 3 aromatic carbocycles. The van der Waals surface area contributed by atoms with E-state index in [9.17, 15) is 14.7 Å². The smallest absolute Gasteiger partial charge is 0.272 e. The number of carbonyl (C=O) groups is 2. The van der Waals surface area contributed by atoms with Crippen molar-refractivity contribution in [2.24, 2.45) is 5.92 Å². The van der Waals surface area contributed by atoms with Crippen LogP contribution in [0.4, 0.5) is 5.69 Å². The number of benzene rings is 3. The summed E-state index contributed by atoms with van der Waals surface area (Å²) in [5, 5.41) is 15.3. The van der Waals surface area contributed by atoms with Crippen LogP contribution in [0.15, 0.2) is 78.9 Å². The summed E-state index contributed by atoms with van der Waals surface area (Å²) in [4.78, 5) is 29.8. The summed E-state index contributed by atoms with van der Waals surface area (Å²) in [5.74, 6) is -0.574. The number of halogens is 3. The molecule has 4 atom stereocenters. The van der Waals surface area contributed by atoms with E-state index in [1.165, 1.54) is 0 Å². The van der Waals surface area contributed by atoms with Crippen LogP contribution in [-0.4, -0.2) is 63.6 Å². The fourth-order valence-electron chi connectivity index (χ4n) is 6.80. The van der Waals surface area contributed by atoms with E-state index in [-0.39, 0.29) is 37.2 Å². The molecule has 3 aromatic rings. The van der Waals surface area contributed by atoms with Gasteiger partial charge < -0.3 is 35.0 Å². The van der Waals surface area contributed by atoms with Crippen molar-refractivity contribution in [3.63, 3.8) is 0 Å². The standard InChI is InChI=1S/C35H39Cl3N4O5/c1-23-29(20-41-17-15-34(16-18-41)32(44)40-22-42(34)28-5-3-2-4-6-28)46-31(47-30(23)26-11-9-25(21-43)10-12-26)27-13-7-24(8-14-27)19-39-33(45)35(36,37)38/h2-14,23,29-31,43H,15-22H2,1H3,(H,39,45)(H,40,44)/t23-,29+,30+,31+/m1/s1. The number of nitrogens with one attached hydrogen (secondary N) is 2. The summed E-state index contributed by atoms with van der Waals surface area (Å²) in [6.45, 7) is 5.05. The first-order valence-corrected chi connectivity index (χ1v) is 17.0. The van der Waals surface area contributed by atoms with Crippen molar-refractivity contribution in [2.75, 3.05) is 31.2 Å². The van der Waals surface area contributed by atoms with Gasteiger partial charge in [0.1, 0.15) is 5.54 Å². The second kappa shape index (κ2) is 14.3. The number of alkyl halides is 3. The van der Waals surface area contributed by atoms with Gasteiger partial charge in [-0.15, -0.1) is 0 Å². The number of carbonyl (C=O) groups excluding carboxylic acids is 2. The zero-order valence-electron chi connectivity index (χ0n) is 26.1. The molecule has 6 rings (SSSR count). The van der Waals surface area contributed by atoms with E-state index in [4.69, 9.17) is 44.3 Å². The molecule has 0 bridgehead atoms. The minimum absolute atomic E-state index is 0.0223. The van der Waals surface area contributed by atoms with Crippen LogP contribution in [-0.2, 0) is 32.2 Å². The second-order valence-corrected chi connectivity index (χ2v) is 14.8. The summed E-state index contributed by atoms with van der Waals surface area (Å²) in [6.07, 6.45) is 0.402. The molecule has 0 saturated carbocycles. The predicted molar refractivity (Wildman–Crippen MR) is 182 cm³/mol. The third-order valence-electron chi connectivity index (χ3n) is 9.61. The lowest BCUT2D eigenvalue weighted by atomic mass is 9.84. The minimum Gasteiger partial charge on any atom is -0.392 e. The van der Waals surface area contributed by atoms with Gasteiger partial charge in [0.25, 0.3) is 9.70 Å². The van der Waals surface area contributed by atoms with E-state index in [2.05, 4.69) is 39.5 Å². The largest absolute Gasteiger partial charge is 0.392 e. The number of aliphatic hydroxyl groups excluding tert-OH is 1. The SMILES string of the molecule is C[C@@H]1[C@H](CN2CCC3(CC2)C(=O)NCN3c2ccccc2)O[C@H](c2ccc(CNC(=O)C(Cl)(Cl)Cl)cc2)O[C@@H]1c1ccc(CO)cc1. The highest BCUT2D eigenvalue weighted by Gasteiger charge is 2.51. The van der Waals surface area contributed by atoms with Gasteiger partial charge in [0, 0.05) is 43.3 Å². The van der Waals surface area contributed by atoms with Gasteiger partial charge in [-0.05, 0) is 41.7 Å². The van der Waals surface area contributed by atoms with E-state index in [1.54, 1.807) is 0 Å². The van der Waals surface area contributed by atoms with Crippen LogP contribution in [0.5, 0.6) is 0 Å². The molecule has 3 saturated heterocycles. The Morgan fingerprint density at radius 2 is 1.60 bits per heavy atom. The van der Waals surface area contributed by atoms with Crippen LogP contribution in [0.25, 0.3) is 0 Å². The lowest BCUT2D eigenvalue weighted by molar-refractivity contribution is -0.276. The molecule has 47 heavy (non-hydrogen) atoms. The van der Waals surface area contributed by atoms with Crippen molar-refractivity contribution in [3.8, 4) is 0 Å². The number of hydrogen-bond donors (Lipinski definition) is 3. The molecule has 250 valence electrons. The molecular weight excluding hydrogens is 663 g/mol. The lowest BCUT2D eigenvalue weighted by Gasteiger charge is -2.46. The normalized spacial score (nSPS) is 24.7. The summed E-state index contributed by atoms with van der Waals surface area (Å²) in [7, 11) is 0. The van der Waals surface area contributed by atoms with Gasteiger partial charge in [0.15, 0.2) is 6.29 Å². The number of aliphatic hydroxyl groups is 1. The highest BCUT2D eigenvalue weighted by Crippen LogP contribution is 2.43. The quantitative estimate of drug-likeness (QED) is 0.271. The highest BCUT2D eigenvalue weighted by molar-refractivity contribution is 6.76. The topological polar surface area (TPSA) is 103 Å². The highest BCUT2D eigenvalue weighted by atomic mass is 35.6. The summed E-state index contributed by atoms with van der Waals surface area (Å²) in [6, 6.07) is 25.6.